The summed E-state index contributed by atoms with van der Waals surface area (Å²) in [4.78, 5) is 2.71. The van der Waals surface area contributed by atoms with Crippen molar-refractivity contribution < 1.29 is 0 Å². The van der Waals surface area contributed by atoms with Gasteiger partial charge in [0.1, 0.15) is 0 Å². The van der Waals surface area contributed by atoms with Gasteiger partial charge in [-0.25, -0.2) is 0 Å². The van der Waals surface area contributed by atoms with Crippen LogP contribution < -0.4 is 0 Å². The maximum absolute atomic E-state index is 2.24. The SMILES string of the molecule is Cc1ccc([SH+]c2ccc(C(C)C)cc2)cc1. The summed E-state index contributed by atoms with van der Waals surface area (Å²) >= 11 is 1.29. The van der Waals surface area contributed by atoms with Crippen LogP contribution in [-0.4, -0.2) is 0 Å². The first-order chi connectivity index (χ1) is 8.15. The molecule has 0 aliphatic rings. The largest absolute Gasteiger partial charge is 0.158 e. The number of rotatable bonds is 3. The quantitative estimate of drug-likeness (QED) is 0.555. The molecule has 0 aliphatic carbocycles. The van der Waals surface area contributed by atoms with Crippen LogP contribution in [0.15, 0.2) is 58.3 Å². The van der Waals surface area contributed by atoms with E-state index in [9.17, 15) is 0 Å². The lowest BCUT2D eigenvalue weighted by Crippen LogP contribution is -1.89. The second-order valence-electron chi connectivity index (χ2n) is 4.69. The summed E-state index contributed by atoms with van der Waals surface area (Å²) in [5.74, 6) is 0.611. The second kappa shape index (κ2) is 5.42. The first-order valence-corrected chi connectivity index (χ1v) is 6.93. The molecule has 0 fully saturated rings. The molecule has 88 valence electrons. The third-order valence-electron chi connectivity index (χ3n) is 2.85. The lowest BCUT2D eigenvalue weighted by molar-refractivity contribution is 0.865. The number of benzene rings is 2. The zero-order valence-corrected chi connectivity index (χ0v) is 11.5. The van der Waals surface area contributed by atoms with Crippen molar-refractivity contribution >= 4 is 11.8 Å². The van der Waals surface area contributed by atoms with E-state index in [1.54, 1.807) is 0 Å². The van der Waals surface area contributed by atoms with Crippen LogP contribution in [-0.2, 0) is 11.8 Å². The first kappa shape index (κ1) is 12.3. The smallest absolute Gasteiger partial charge is 0.0587 e. The molecule has 0 radical (unpaired) electrons. The van der Waals surface area contributed by atoms with E-state index in [2.05, 4.69) is 69.3 Å². The van der Waals surface area contributed by atoms with Gasteiger partial charge in [-0.1, -0.05) is 43.7 Å². The summed E-state index contributed by atoms with van der Waals surface area (Å²) in [6, 6.07) is 17.7. The topological polar surface area (TPSA) is 0 Å². The number of hydrogen-bond donors (Lipinski definition) is 0. The van der Waals surface area contributed by atoms with Gasteiger partial charge in [-0.15, -0.1) is 0 Å². The highest BCUT2D eigenvalue weighted by Gasteiger charge is 2.07. The molecule has 2 rings (SSSR count). The van der Waals surface area contributed by atoms with Crippen molar-refractivity contribution in [1.29, 1.82) is 0 Å². The lowest BCUT2D eigenvalue weighted by Gasteiger charge is -2.03. The summed E-state index contributed by atoms with van der Waals surface area (Å²) in [6.07, 6.45) is 0. The van der Waals surface area contributed by atoms with Crippen molar-refractivity contribution in [3.63, 3.8) is 0 Å². The molecular formula is C16H19S+. The first-order valence-electron chi connectivity index (χ1n) is 6.03. The maximum Gasteiger partial charge on any atom is 0.158 e. The predicted molar refractivity (Wildman–Crippen MR) is 77.0 cm³/mol. The van der Waals surface area contributed by atoms with E-state index >= 15 is 0 Å². The van der Waals surface area contributed by atoms with Crippen LogP contribution in [0.3, 0.4) is 0 Å². The van der Waals surface area contributed by atoms with E-state index in [1.807, 2.05) is 0 Å². The van der Waals surface area contributed by atoms with Gasteiger partial charge < -0.3 is 0 Å². The summed E-state index contributed by atoms with van der Waals surface area (Å²) in [5.41, 5.74) is 2.73. The Bertz CT molecular complexity index is 466. The molecular weight excluding hydrogens is 224 g/mol. The van der Waals surface area contributed by atoms with Crippen molar-refractivity contribution in [2.24, 2.45) is 0 Å². The molecule has 17 heavy (non-hydrogen) atoms. The fraction of sp³-hybridized carbons (Fsp3) is 0.250. The highest BCUT2D eigenvalue weighted by molar-refractivity contribution is 7.78. The van der Waals surface area contributed by atoms with Crippen LogP contribution in [0.2, 0.25) is 0 Å². The van der Waals surface area contributed by atoms with Crippen LogP contribution in [0.5, 0.6) is 0 Å². The van der Waals surface area contributed by atoms with Gasteiger partial charge >= 0.3 is 0 Å². The Balaban J connectivity index is 2.11. The average molecular weight is 243 g/mol. The van der Waals surface area contributed by atoms with Gasteiger partial charge in [0.2, 0.25) is 0 Å². The zero-order chi connectivity index (χ0) is 12.3. The molecule has 2 aromatic rings. The standard InChI is InChI=1S/C16H18S/c1-12(2)14-6-10-16(11-7-14)17-15-8-4-13(3)5-9-15/h4-12H,1-3H3/p+1. The van der Waals surface area contributed by atoms with Gasteiger partial charge in [-0.05, 0) is 42.7 Å². The molecule has 0 aromatic heterocycles. The molecule has 1 heteroatoms. The van der Waals surface area contributed by atoms with E-state index in [0.29, 0.717) is 5.92 Å². The highest BCUT2D eigenvalue weighted by Crippen LogP contribution is 2.18. The number of aryl methyl sites for hydroxylation is 1. The van der Waals surface area contributed by atoms with Crippen molar-refractivity contribution in [1.82, 2.24) is 0 Å². The van der Waals surface area contributed by atoms with Crippen LogP contribution in [0.25, 0.3) is 0 Å². The lowest BCUT2D eigenvalue weighted by atomic mass is 10.0. The van der Waals surface area contributed by atoms with Crippen molar-refractivity contribution in [2.45, 2.75) is 36.5 Å². The minimum Gasteiger partial charge on any atom is -0.0587 e. The van der Waals surface area contributed by atoms with E-state index in [4.69, 9.17) is 0 Å². The molecule has 0 nitrogen and oxygen atoms in total. The molecule has 2 aromatic carbocycles. The molecule has 0 amide bonds. The van der Waals surface area contributed by atoms with E-state index < -0.39 is 0 Å². The Morgan fingerprint density at radius 1 is 0.765 bits per heavy atom. The molecule has 0 bridgehead atoms. The van der Waals surface area contributed by atoms with Crippen LogP contribution in [0.1, 0.15) is 30.9 Å². The van der Waals surface area contributed by atoms with Gasteiger partial charge in [0, 0.05) is 11.8 Å². The summed E-state index contributed by atoms with van der Waals surface area (Å²) in [7, 11) is 0. The van der Waals surface area contributed by atoms with E-state index in [0.717, 1.165) is 0 Å². The molecule has 0 atom stereocenters. The van der Waals surface area contributed by atoms with Gasteiger partial charge in [0.05, 0.1) is 0 Å². The third kappa shape index (κ3) is 3.37. The van der Waals surface area contributed by atoms with Crippen LogP contribution >= 0.6 is 0 Å². The monoisotopic (exact) mass is 243 g/mol. The van der Waals surface area contributed by atoms with Gasteiger partial charge in [-0.2, -0.15) is 0 Å². The van der Waals surface area contributed by atoms with Crippen molar-refractivity contribution in [3.8, 4) is 0 Å². The summed E-state index contributed by atoms with van der Waals surface area (Å²) in [5, 5.41) is 0. The Morgan fingerprint density at radius 2 is 1.24 bits per heavy atom. The zero-order valence-electron chi connectivity index (χ0n) is 10.6. The molecule has 0 spiro atoms. The van der Waals surface area contributed by atoms with Crippen LogP contribution in [0.4, 0.5) is 0 Å². The Kier molecular flexibility index (Phi) is 3.90. The number of thiol groups is 1. The predicted octanol–water partition coefficient (Wildman–Crippen LogP) is 4.35. The highest BCUT2D eigenvalue weighted by atomic mass is 32.2. The molecule has 0 unspecified atom stereocenters. The van der Waals surface area contributed by atoms with Crippen molar-refractivity contribution in [3.05, 3.63) is 59.7 Å². The minimum absolute atomic E-state index is 0.611. The number of hydrogen-bond acceptors (Lipinski definition) is 0. The Hall–Kier alpha value is -1.21. The minimum atomic E-state index is 0.611. The van der Waals surface area contributed by atoms with Gasteiger partial charge in [0.15, 0.2) is 9.79 Å². The molecule has 0 N–H and O–H groups in total. The third-order valence-corrected chi connectivity index (χ3v) is 3.96. The molecule has 0 heterocycles. The van der Waals surface area contributed by atoms with E-state index in [1.165, 1.54) is 32.7 Å². The van der Waals surface area contributed by atoms with E-state index in [-0.39, 0.29) is 0 Å². The molecule has 0 aliphatic heterocycles. The normalized spacial score (nSPS) is 10.8. The Morgan fingerprint density at radius 3 is 1.71 bits per heavy atom. The summed E-state index contributed by atoms with van der Waals surface area (Å²) in [6.45, 7) is 6.58. The van der Waals surface area contributed by atoms with Crippen LogP contribution in [0, 0.1) is 6.92 Å². The molecule has 0 saturated heterocycles. The fourth-order valence-corrected chi connectivity index (χ4v) is 2.60. The van der Waals surface area contributed by atoms with Crippen molar-refractivity contribution in [2.75, 3.05) is 0 Å². The summed E-state index contributed by atoms with van der Waals surface area (Å²) < 4.78 is 0. The average Bonchev–Trinajstić information content (AvgIpc) is 2.33. The van der Waals surface area contributed by atoms with Gasteiger partial charge in [-0.3, -0.25) is 0 Å². The molecule has 0 saturated carbocycles. The fourth-order valence-electron chi connectivity index (χ4n) is 1.70. The second-order valence-corrected chi connectivity index (χ2v) is 5.95. The van der Waals surface area contributed by atoms with Gasteiger partial charge in [0.25, 0.3) is 0 Å². The maximum atomic E-state index is 2.24. The Labute approximate surface area is 108 Å².